The first-order valence-electron chi connectivity index (χ1n) is 11.7. The van der Waals surface area contributed by atoms with Crippen molar-refractivity contribution in [1.82, 2.24) is 19.9 Å². The summed E-state index contributed by atoms with van der Waals surface area (Å²) in [6, 6.07) is 5.93. The molecule has 202 valence electrons. The van der Waals surface area contributed by atoms with E-state index in [9.17, 15) is 18.0 Å². The van der Waals surface area contributed by atoms with Crippen LogP contribution in [-0.2, 0) is 4.74 Å². The summed E-state index contributed by atoms with van der Waals surface area (Å²) >= 11 is 0. The number of piperidine rings is 1. The van der Waals surface area contributed by atoms with Gasteiger partial charge in [-0.1, -0.05) is 0 Å². The third-order valence-corrected chi connectivity index (χ3v) is 6.18. The number of carbonyl (C=O) groups excluding carboxylic acids is 1. The fourth-order valence-corrected chi connectivity index (χ4v) is 4.13. The lowest BCUT2D eigenvalue weighted by Gasteiger charge is -2.40. The van der Waals surface area contributed by atoms with Crippen LogP contribution in [-0.4, -0.2) is 64.6 Å². The molecule has 1 aliphatic rings. The maximum absolute atomic E-state index is 13.2. The molecule has 0 aliphatic carbocycles. The summed E-state index contributed by atoms with van der Waals surface area (Å²) in [7, 11) is 1.64. The summed E-state index contributed by atoms with van der Waals surface area (Å²) in [4.78, 5) is 31.5. The molecule has 11 nitrogen and oxygen atoms in total. The van der Waals surface area contributed by atoms with Gasteiger partial charge in [-0.05, 0) is 43.5 Å². The number of amides is 1. The number of ether oxygens (including phenoxy) is 2. The summed E-state index contributed by atoms with van der Waals surface area (Å²) in [5, 5.41) is 2.69. The van der Waals surface area contributed by atoms with Crippen LogP contribution in [0.15, 0.2) is 42.9 Å². The van der Waals surface area contributed by atoms with E-state index >= 15 is 0 Å². The van der Waals surface area contributed by atoms with Crippen LogP contribution < -0.4 is 26.4 Å². The molecule has 3 aromatic rings. The van der Waals surface area contributed by atoms with Gasteiger partial charge < -0.3 is 31.2 Å². The van der Waals surface area contributed by atoms with E-state index in [1.807, 2.05) is 6.07 Å². The Hall–Kier alpha value is -4.04. The average molecular weight is 533 g/mol. The first-order valence-corrected chi connectivity index (χ1v) is 11.7. The zero-order valence-corrected chi connectivity index (χ0v) is 20.5. The Kier molecular flexibility index (Phi) is 7.92. The van der Waals surface area contributed by atoms with Gasteiger partial charge in [-0.2, -0.15) is 0 Å². The molecular weight excluding hydrogens is 505 g/mol. The number of methoxy groups -OCH3 is 1. The average Bonchev–Trinajstić information content (AvgIpc) is 2.88. The predicted molar refractivity (Wildman–Crippen MR) is 133 cm³/mol. The Bertz CT molecular complexity index is 1280. The standard InChI is InChI=1S/C24H27F3N8O3/c1-37-13-8-23(29)6-11-35(12-7-23)16-4-2-10-31-21(16)34-22(36)19-20(28)32-14-15(33-19)18-17(5-3-9-30-18)38-24(25,26)27/h2-5,9-10,14H,6-8,11-13,29H2,1H3,(H2,28,32)(H,31,34,36). The zero-order valence-electron chi connectivity index (χ0n) is 20.5. The van der Waals surface area contributed by atoms with Crippen LogP contribution in [0.5, 0.6) is 5.75 Å². The number of nitrogen functional groups attached to an aromatic ring is 1. The van der Waals surface area contributed by atoms with Crippen molar-refractivity contribution in [3.8, 4) is 17.1 Å². The van der Waals surface area contributed by atoms with Crippen LogP contribution in [0.2, 0.25) is 0 Å². The van der Waals surface area contributed by atoms with Gasteiger partial charge in [-0.15, -0.1) is 13.2 Å². The van der Waals surface area contributed by atoms with Gasteiger partial charge in [0.1, 0.15) is 11.4 Å². The monoisotopic (exact) mass is 532 g/mol. The van der Waals surface area contributed by atoms with Crippen LogP contribution in [0.3, 0.4) is 0 Å². The van der Waals surface area contributed by atoms with Crippen LogP contribution in [0.25, 0.3) is 11.4 Å². The Morgan fingerprint density at radius 1 is 1.16 bits per heavy atom. The molecule has 0 atom stereocenters. The Balaban J connectivity index is 1.55. The smallest absolute Gasteiger partial charge is 0.403 e. The number of halogens is 3. The van der Waals surface area contributed by atoms with Gasteiger partial charge in [0.25, 0.3) is 5.91 Å². The highest BCUT2D eigenvalue weighted by atomic mass is 19.4. The highest BCUT2D eigenvalue weighted by Gasteiger charge is 2.33. The second-order valence-electron chi connectivity index (χ2n) is 8.80. The first kappa shape index (κ1) is 27.0. The molecule has 1 fully saturated rings. The lowest BCUT2D eigenvalue weighted by molar-refractivity contribution is -0.274. The van der Waals surface area contributed by atoms with Gasteiger partial charge in [-0.25, -0.2) is 15.0 Å². The van der Waals surface area contributed by atoms with Crippen LogP contribution in [0.1, 0.15) is 29.8 Å². The van der Waals surface area contributed by atoms with Crippen LogP contribution >= 0.6 is 0 Å². The summed E-state index contributed by atoms with van der Waals surface area (Å²) in [5.41, 5.74) is 12.1. The van der Waals surface area contributed by atoms with Crippen molar-refractivity contribution in [2.24, 2.45) is 5.73 Å². The lowest BCUT2D eigenvalue weighted by atomic mass is 9.85. The fraction of sp³-hybridized carbons (Fsp3) is 0.375. The second kappa shape index (κ2) is 11.1. The molecule has 38 heavy (non-hydrogen) atoms. The van der Waals surface area contributed by atoms with Gasteiger partial charge in [-0.3, -0.25) is 9.78 Å². The number of aromatic nitrogens is 4. The number of nitrogens with one attached hydrogen (secondary N) is 1. The van der Waals surface area contributed by atoms with Gasteiger partial charge in [0, 0.05) is 44.7 Å². The molecule has 4 heterocycles. The predicted octanol–water partition coefficient (Wildman–Crippen LogP) is 3.00. The topological polar surface area (TPSA) is 154 Å². The lowest BCUT2D eigenvalue weighted by Crippen LogP contribution is -2.51. The Labute approximate surface area is 216 Å². The highest BCUT2D eigenvalue weighted by Crippen LogP contribution is 2.33. The van der Waals surface area contributed by atoms with Crippen molar-refractivity contribution in [3.63, 3.8) is 0 Å². The molecule has 1 amide bonds. The van der Waals surface area contributed by atoms with Crippen molar-refractivity contribution < 1.29 is 27.4 Å². The number of hydrogen-bond acceptors (Lipinski definition) is 10. The van der Waals surface area contributed by atoms with Crippen LogP contribution in [0.4, 0.5) is 30.5 Å². The number of hydrogen-bond donors (Lipinski definition) is 3. The number of nitrogens with zero attached hydrogens (tertiary/aromatic N) is 5. The highest BCUT2D eigenvalue weighted by molar-refractivity contribution is 6.06. The summed E-state index contributed by atoms with van der Waals surface area (Å²) in [6.07, 6.45) is 1.15. The summed E-state index contributed by atoms with van der Waals surface area (Å²) in [6.45, 7) is 1.87. The Morgan fingerprint density at radius 2 is 1.87 bits per heavy atom. The largest absolute Gasteiger partial charge is 0.573 e. The van der Waals surface area contributed by atoms with Gasteiger partial charge >= 0.3 is 6.36 Å². The number of carbonyl (C=O) groups is 1. The number of alkyl halides is 3. The molecule has 5 N–H and O–H groups in total. The van der Waals surface area contributed by atoms with Crippen molar-refractivity contribution in [3.05, 3.63) is 48.5 Å². The number of anilines is 3. The summed E-state index contributed by atoms with van der Waals surface area (Å²) < 4.78 is 47.7. The second-order valence-corrected chi connectivity index (χ2v) is 8.80. The minimum absolute atomic E-state index is 0.128. The van der Waals surface area contributed by atoms with Crippen molar-refractivity contribution in [2.45, 2.75) is 31.2 Å². The first-order chi connectivity index (χ1) is 18.1. The molecule has 0 saturated carbocycles. The van der Waals surface area contributed by atoms with Crippen molar-refractivity contribution in [2.75, 3.05) is 42.8 Å². The molecule has 0 unspecified atom stereocenters. The molecule has 0 bridgehead atoms. The van der Waals surface area contributed by atoms with E-state index < -0.39 is 18.0 Å². The van der Waals surface area contributed by atoms with E-state index in [0.717, 1.165) is 31.5 Å². The van der Waals surface area contributed by atoms with Gasteiger partial charge in [0.2, 0.25) is 0 Å². The number of rotatable bonds is 8. The zero-order chi connectivity index (χ0) is 27.3. The molecule has 1 aliphatic heterocycles. The molecule has 0 radical (unpaired) electrons. The fourth-order valence-electron chi connectivity index (χ4n) is 4.13. The SMILES string of the molecule is COCCC1(N)CCN(c2cccnc2NC(=O)c2nc(-c3ncccc3OC(F)(F)F)cnc2N)CC1. The minimum Gasteiger partial charge on any atom is -0.403 e. The normalized spacial score (nSPS) is 15.2. The maximum Gasteiger partial charge on any atom is 0.573 e. The van der Waals surface area contributed by atoms with E-state index in [0.29, 0.717) is 25.4 Å². The van der Waals surface area contributed by atoms with Crippen molar-refractivity contribution in [1.29, 1.82) is 0 Å². The van der Waals surface area contributed by atoms with Crippen LogP contribution in [0, 0.1) is 0 Å². The van der Waals surface area contributed by atoms with E-state index in [-0.39, 0.29) is 34.3 Å². The van der Waals surface area contributed by atoms with E-state index in [1.54, 1.807) is 13.2 Å². The van der Waals surface area contributed by atoms with E-state index in [2.05, 4.69) is 34.9 Å². The third-order valence-electron chi connectivity index (χ3n) is 6.18. The minimum atomic E-state index is -4.95. The quantitative estimate of drug-likeness (QED) is 0.394. The van der Waals surface area contributed by atoms with Gasteiger partial charge in [0.05, 0.1) is 11.9 Å². The molecular formula is C24H27F3N8O3. The number of pyridine rings is 2. The molecule has 3 aromatic heterocycles. The number of nitrogens with two attached hydrogens (primary N) is 2. The van der Waals surface area contributed by atoms with Crippen molar-refractivity contribution >= 4 is 23.2 Å². The van der Waals surface area contributed by atoms with Gasteiger partial charge in [0.15, 0.2) is 23.1 Å². The third kappa shape index (κ3) is 6.44. The molecule has 0 aromatic carbocycles. The van der Waals surface area contributed by atoms with E-state index in [4.69, 9.17) is 16.2 Å². The van der Waals surface area contributed by atoms with E-state index in [1.165, 1.54) is 18.5 Å². The molecule has 0 spiro atoms. The molecule has 4 rings (SSSR count). The molecule has 1 saturated heterocycles. The Morgan fingerprint density at radius 3 is 2.58 bits per heavy atom. The maximum atomic E-state index is 13.2. The molecule has 14 heteroatoms. The summed E-state index contributed by atoms with van der Waals surface area (Å²) in [5.74, 6) is -1.29.